The molecule has 0 radical (unpaired) electrons. The van der Waals surface area contributed by atoms with E-state index in [0.29, 0.717) is 37.5 Å². The number of phosphoric ester groups is 2. The molecule has 0 heterocycles. The summed E-state index contributed by atoms with van der Waals surface area (Å²) in [6, 6.07) is 0. The quantitative estimate of drug-likeness (QED) is 0.0222. The minimum absolute atomic E-state index is 0.101. The van der Waals surface area contributed by atoms with Crippen molar-refractivity contribution in [3.05, 3.63) is 0 Å². The Labute approximate surface area is 486 Å². The van der Waals surface area contributed by atoms with Gasteiger partial charge in [-0.2, -0.15) is 0 Å². The summed E-state index contributed by atoms with van der Waals surface area (Å²) >= 11 is 0. The summed E-state index contributed by atoms with van der Waals surface area (Å²) in [5.74, 6) is -0.00877. The molecular formula is C61H118O17P2. The number of aliphatic hydroxyl groups is 1. The fourth-order valence-corrected chi connectivity index (χ4v) is 10.5. The second-order valence-corrected chi connectivity index (χ2v) is 26.4. The molecule has 2 unspecified atom stereocenters. The second-order valence-electron chi connectivity index (χ2n) is 23.5. The normalized spacial score (nSPS) is 14.5. The molecule has 0 amide bonds. The predicted octanol–water partition coefficient (Wildman–Crippen LogP) is 16.3. The fraction of sp³-hybridized carbons (Fsp3) is 0.934. The Hall–Kier alpha value is -1.94. The van der Waals surface area contributed by atoms with Gasteiger partial charge in [0.25, 0.3) is 0 Å². The van der Waals surface area contributed by atoms with E-state index in [2.05, 4.69) is 48.5 Å². The van der Waals surface area contributed by atoms with E-state index in [0.717, 1.165) is 115 Å². The molecule has 0 aromatic heterocycles. The monoisotopic (exact) mass is 1180 g/mol. The van der Waals surface area contributed by atoms with Gasteiger partial charge in [0.15, 0.2) is 12.2 Å². The van der Waals surface area contributed by atoms with Gasteiger partial charge >= 0.3 is 39.5 Å². The molecule has 3 N–H and O–H groups in total. The highest BCUT2D eigenvalue weighted by molar-refractivity contribution is 7.47. The minimum atomic E-state index is -4.94. The van der Waals surface area contributed by atoms with Gasteiger partial charge in [0.05, 0.1) is 26.4 Å². The number of carbonyl (C=O) groups is 4. The molecule has 0 aromatic rings. The SMILES string of the molecule is CCCCCCCCCC(=O)OC[C@H](COP(=O)(O)OC[C@H](O)COP(=O)(O)OC[C@@H](COC(=O)CCCCCCCCCC(C)C)OC(=O)CCCCCCCCCCCCCC(C)C)OC(=O)CCCCCCCCC(C)C. The number of ether oxygens (including phenoxy) is 4. The third-order valence-electron chi connectivity index (χ3n) is 13.9. The van der Waals surface area contributed by atoms with Crippen LogP contribution in [0.1, 0.15) is 292 Å². The van der Waals surface area contributed by atoms with Crippen molar-refractivity contribution >= 4 is 39.5 Å². The molecule has 0 saturated heterocycles. The molecular weight excluding hydrogens is 1070 g/mol. The average molecular weight is 1190 g/mol. The molecule has 0 fully saturated rings. The van der Waals surface area contributed by atoms with Crippen LogP contribution < -0.4 is 0 Å². The van der Waals surface area contributed by atoms with Crippen molar-refractivity contribution in [2.75, 3.05) is 39.6 Å². The van der Waals surface area contributed by atoms with Gasteiger partial charge in [0, 0.05) is 25.7 Å². The number of rotatable bonds is 59. The Morgan fingerprint density at radius 1 is 0.338 bits per heavy atom. The highest BCUT2D eigenvalue weighted by Gasteiger charge is 2.30. The van der Waals surface area contributed by atoms with Gasteiger partial charge in [-0.1, -0.05) is 241 Å². The molecule has 0 spiro atoms. The molecule has 17 nitrogen and oxygen atoms in total. The number of hydrogen-bond donors (Lipinski definition) is 3. The Morgan fingerprint density at radius 2 is 0.575 bits per heavy atom. The van der Waals surface area contributed by atoms with Crippen LogP contribution >= 0.6 is 15.6 Å². The summed E-state index contributed by atoms with van der Waals surface area (Å²) in [5.41, 5.74) is 0. The lowest BCUT2D eigenvalue weighted by Gasteiger charge is -2.21. The van der Waals surface area contributed by atoms with Crippen molar-refractivity contribution in [1.82, 2.24) is 0 Å². The van der Waals surface area contributed by atoms with Gasteiger partial charge in [-0.3, -0.25) is 37.3 Å². The van der Waals surface area contributed by atoms with Crippen molar-refractivity contribution in [2.24, 2.45) is 17.8 Å². The van der Waals surface area contributed by atoms with Gasteiger partial charge in [-0.25, -0.2) is 9.13 Å². The standard InChI is InChI=1S/C61H118O17P2/c1-8-9-10-11-18-28-35-42-58(63)71-48-57(78-61(66)45-38-31-24-23-27-34-41-54(6)7)51-76-80(69,70)74-47-55(62)46-73-79(67,68)75-50-56(49-72-59(64)43-36-29-22-17-20-26-33-40-53(4)5)77-60(65)44-37-30-21-16-14-12-13-15-19-25-32-39-52(2)3/h52-57,62H,8-51H2,1-7H3,(H,67,68)(H,69,70)/t55-,56-,57-/m1/s1. The largest absolute Gasteiger partial charge is 0.472 e. The summed E-state index contributed by atoms with van der Waals surface area (Å²) in [6.07, 6.45) is 32.4. The number of carbonyl (C=O) groups excluding carboxylic acids is 4. The van der Waals surface area contributed by atoms with Crippen molar-refractivity contribution in [2.45, 2.75) is 311 Å². The van der Waals surface area contributed by atoms with Gasteiger partial charge in [-0.05, 0) is 43.4 Å². The Morgan fingerprint density at radius 3 is 0.850 bits per heavy atom. The van der Waals surface area contributed by atoms with E-state index in [4.69, 9.17) is 37.0 Å². The molecule has 474 valence electrons. The predicted molar refractivity (Wildman–Crippen MR) is 317 cm³/mol. The highest BCUT2D eigenvalue weighted by Crippen LogP contribution is 2.45. The van der Waals surface area contributed by atoms with Crippen LogP contribution in [0.3, 0.4) is 0 Å². The van der Waals surface area contributed by atoms with Crippen LogP contribution in [-0.4, -0.2) is 96.7 Å². The lowest BCUT2D eigenvalue weighted by molar-refractivity contribution is -0.161. The third-order valence-corrected chi connectivity index (χ3v) is 15.8. The first-order valence-corrected chi connectivity index (χ1v) is 34.8. The lowest BCUT2D eigenvalue weighted by Crippen LogP contribution is -2.30. The minimum Gasteiger partial charge on any atom is -0.462 e. The first-order valence-electron chi connectivity index (χ1n) is 31.8. The zero-order valence-corrected chi connectivity index (χ0v) is 53.3. The number of esters is 4. The molecule has 0 saturated carbocycles. The van der Waals surface area contributed by atoms with E-state index < -0.39 is 97.5 Å². The Kier molecular flexibility index (Phi) is 51.3. The maximum atomic E-state index is 12.9. The number of aliphatic hydroxyl groups excluding tert-OH is 1. The molecule has 0 aliphatic carbocycles. The zero-order valence-electron chi connectivity index (χ0n) is 51.5. The Bertz CT molecular complexity index is 1600. The smallest absolute Gasteiger partial charge is 0.462 e. The van der Waals surface area contributed by atoms with Crippen LogP contribution in [0.2, 0.25) is 0 Å². The van der Waals surface area contributed by atoms with Gasteiger partial charge in [0.1, 0.15) is 19.3 Å². The molecule has 19 heteroatoms. The lowest BCUT2D eigenvalue weighted by atomic mass is 10.0. The van der Waals surface area contributed by atoms with Gasteiger partial charge in [0.2, 0.25) is 0 Å². The van der Waals surface area contributed by atoms with Crippen LogP contribution in [0, 0.1) is 17.8 Å². The first-order chi connectivity index (χ1) is 38.2. The number of unbranched alkanes of at least 4 members (excludes halogenated alkanes) is 27. The van der Waals surface area contributed by atoms with E-state index in [1.807, 2.05) is 0 Å². The van der Waals surface area contributed by atoms with E-state index in [1.165, 1.54) is 83.5 Å². The summed E-state index contributed by atoms with van der Waals surface area (Å²) < 4.78 is 67.7. The van der Waals surface area contributed by atoms with Crippen LogP contribution in [0.25, 0.3) is 0 Å². The van der Waals surface area contributed by atoms with Crippen LogP contribution in [0.5, 0.6) is 0 Å². The zero-order chi connectivity index (χ0) is 59.5. The number of phosphoric acid groups is 2. The summed E-state index contributed by atoms with van der Waals surface area (Å²) in [7, 11) is -9.88. The van der Waals surface area contributed by atoms with Crippen molar-refractivity contribution in [1.29, 1.82) is 0 Å². The average Bonchev–Trinajstić information content (AvgIpc) is 3.40. The third kappa shape index (κ3) is 55.3. The molecule has 0 bridgehead atoms. The molecule has 5 atom stereocenters. The molecule has 0 aliphatic heterocycles. The Balaban J connectivity index is 5.21. The summed E-state index contributed by atoms with van der Waals surface area (Å²) in [6.45, 7) is 11.6. The highest BCUT2D eigenvalue weighted by atomic mass is 31.2. The molecule has 0 aromatic carbocycles. The molecule has 80 heavy (non-hydrogen) atoms. The summed E-state index contributed by atoms with van der Waals surface area (Å²) in [4.78, 5) is 71.9. The van der Waals surface area contributed by atoms with Crippen LogP contribution in [-0.2, 0) is 65.4 Å². The van der Waals surface area contributed by atoms with Crippen molar-refractivity contribution in [3.8, 4) is 0 Å². The number of hydrogen-bond acceptors (Lipinski definition) is 15. The van der Waals surface area contributed by atoms with Crippen molar-refractivity contribution < 1.29 is 80.2 Å². The molecule has 0 rings (SSSR count). The van der Waals surface area contributed by atoms with E-state index in [9.17, 15) is 43.2 Å². The topological polar surface area (TPSA) is 237 Å². The van der Waals surface area contributed by atoms with E-state index in [1.54, 1.807) is 0 Å². The van der Waals surface area contributed by atoms with E-state index in [-0.39, 0.29) is 25.7 Å². The summed E-state index contributed by atoms with van der Waals surface area (Å²) in [5, 5.41) is 10.5. The fourth-order valence-electron chi connectivity index (χ4n) is 8.95. The molecule has 0 aliphatic rings. The maximum Gasteiger partial charge on any atom is 0.472 e. The van der Waals surface area contributed by atoms with Crippen LogP contribution in [0.15, 0.2) is 0 Å². The maximum absolute atomic E-state index is 12.9. The van der Waals surface area contributed by atoms with Gasteiger partial charge < -0.3 is 33.8 Å². The van der Waals surface area contributed by atoms with Crippen molar-refractivity contribution in [3.63, 3.8) is 0 Å². The van der Waals surface area contributed by atoms with Crippen LogP contribution in [0.4, 0.5) is 0 Å². The van der Waals surface area contributed by atoms with E-state index >= 15 is 0 Å². The second kappa shape index (κ2) is 52.6. The first kappa shape index (κ1) is 78.1. The van der Waals surface area contributed by atoms with Gasteiger partial charge in [-0.15, -0.1) is 0 Å².